The van der Waals surface area contributed by atoms with Crippen LogP contribution in [0, 0.1) is 5.92 Å². The van der Waals surface area contributed by atoms with Crippen molar-refractivity contribution < 1.29 is 29.0 Å². The van der Waals surface area contributed by atoms with Gasteiger partial charge in [0.15, 0.2) is 0 Å². The quantitative estimate of drug-likeness (QED) is 0.241. The summed E-state index contributed by atoms with van der Waals surface area (Å²) in [5.74, 6) is -2.13. The highest BCUT2D eigenvalue weighted by molar-refractivity contribution is 7.13. The topological polar surface area (TPSA) is 174 Å². The molecule has 0 radical (unpaired) electrons. The number of nitrogens with one attached hydrogen (secondary N) is 2. The van der Waals surface area contributed by atoms with Gasteiger partial charge in [-0.3, -0.25) is 14.4 Å². The number of aryl methyl sites for hydroxylation is 1. The summed E-state index contributed by atoms with van der Waals surface area (Å²) in [6.45, 7) is 0.0743. The first-order chi connectivity index (χ1) is 24.7. The van der Waals surface area contributed by atoms with E-state index in [9.17, 15) is 24.3 Å². The van der Waals surface area contributed by atoms with Crippen LogP contribution in [0.25, 0.3) is 22.0 Å². The van der Waals surface area contributed by atoms with Crippen molar-refractivity contribution >= 4 is 35.0 Å². The SMILES string of the molecule is COc1ccc(-c2nn([C@@H]3C[C@H]4C(=O)N[C@]5(C(=O)O)C[C@H]5/C=C\CCCCC[C@H](NC(=O)c5cccn5C)C(=O)N4C3)nc2-c2nccs2)cc1. The molecule has 2 aliphatic heterocycles. The van der Waals surface area contributed by atoms with Crippen molar-refractivity contribution in [1.82, 2.24) is 40.1 Å². The zero-order valence-electron chi connectivity index (χ0n) is 28.4. The van der Waals surface area contributed by atoms with E-state index in [1.165, 1.54) is 21.0 Å². The molecule has 7 rings (SSSR count). The van der Waals surface area contributed by atoms with Gasteiger partial charge in [0.1, 0.15) is 45.5 Å². The fourth-order valence-corrected chi connectivity index (χ4v) is 7.71. The number of allylic oxidation sites excluding steroid dienone is 1. The Morgan fingerprint density at radius 2 is 1.90 bits per heavy atom. The minimum absolute atomic E-state index is 0.0743. The molecular formula is C36H40N8O6S. The van der Waals surface area contributed by atoms with Gasteiger partial charge in [0, 0.05) is 49.3 Å². The van der Waals surface area contributed by atoms with E-state index >= 15 is 0 Å². The maximum atomic E-state index is 14.5. The Balaban J connectivity index is 1.24. The van der Waals surface area contributed by atoms with E-state index in [-0.39, 0.29) is 25.3 Å². The summed E-state index contributed by atoms with van der Waals surface area (Å²) in [6.07, 6.45) is 11.2. The highest BCUT2D eigenvalue weighted by atomic mass is 32.1. The molecule has 3 aliphatic rings. The third-order valence-corrected chi connectivity index (χ3v) is 10.9. The smallest absolute Gasteiger partial charge is 0.330 e. The molecule has 1 saturated carbocycles. The van der Waals surface area contributed by atoms with Gasteiger partial charge >= 0.3 is 5.97 Å². The van der Waals surface area contributed by atoms with Crippen molar-refractivity contribution in [2.45, 2.75) is 68.6 Å². The van der Waals surface area contributed by atoms with Crippen LogP contribution >= 0.6 is 11.3 Å². The van der Waals surface area contributed by atoms with Crippen molar-refractivity contribution in [3.8, 4) is 27.7 Å². The van der Waals surface area contributed by atoms with Crippen molar-refractivity contribution in [3.63, 3.8) is 0 Å². The van der Waals surface area contributed by atoms with Crippen LogP contribution in [-0.4, -0.2) is 89.5 Å². The predicted octanol–water partition coefficient (Wildman–Crippen LogP) is 3.84. The number of ether oxygens (including phenoxy) is 1. The summed E-state index contributed by atoms with van der Waals surface area (Å²) in [7, 11) is 3.35. The number of carboxylic acids is 1. The number of nitrogens with zero attached hydrogens (tertiary/aromatic N) is 6. The van der Waals surface area contributed by atoms with E-state index in [0.717, 1.165) is 24.8 Å². The summed E-state index contributed by atoms with van der Waals surface area (Å²) in [5.41, 5.74) is 0.888. The molecule has 0 unspecified atom stereocenters. The number of rotatable bonds is 7. The number of aromatic nitrogens is 5. The van der Waals surface area contributed by atoms with E-state index in [2.05, 4.69) is 15.6 Å². The Hall–Kier alpha value is -5.31. The number of aliphatic carboxylic acids is 1. The average Bonchev–Trinajstić information content (AvgIpc) is 3.73. The number of hydrogen-bond donors (Lipinski definition) is 3. The standard InChI is InChI=1S/C36H40N8O6S/c1-42-17-8-11-27(42)31(45)38-26-10-7-5-3-4-6-9-23-20-36(23,35(48)49)39-32(46)28-19-24(21-43(28)34(26)47)44-40-29(22-12-14-25(50-2)15-13-22)30(41-44)33-37-16-18-51-33/h6,8-9,11-18,23-24,26,28H,3-5,7,10,19-21H2,1-2H3,(H,38,45)(H,39,46)(H,48,49)/b9-6-/t23-,24-,26+,28+,36-/m1/s1. The van der Waals surface area contributed by atoms with Crippen LogP contribution in [0.3, 0.4) is 0 Å². The van der Waals surface area contributed by atoms with Crippen LogP contribution in [0.4, 0.5) is 0 Å². The van der Waals surface area contributed by atoms with Gasteiger partial charge in [-0.15, -0.1) is 16.4 Å². The minimum atomic E-state index is -1.44. The van der Waals surface area contributed by atoms with Gasteiger partial charge in [0.25, 0.3) is 5.91 Å². The summed E-state index contributed by atoms with van der Waals surface area (Å²) in [6, 6.07) is 8.40. The van der Waals surface area contributed by atoms with E-state index in [0.29, 0.717) is 40.7 Å². The van der Waals surface area contributed by atoms with Gasteiger partial charge in [-0.1, -0.05) is 25.0 Å². The zero-order valence-corrected chi connectivity index (χ0v) is 29.2. The number of thiazole rings is 1. The van der Waals surface area contributed by atoms with Crippen LogP contribution in [0.2, 0.25) is 0 Å². The third-order valence-electron chi connectivity index (χ3n) is 10.1. The van der Waals surface area contributed by atoms with Gasteiger partial charge < -0.3 is 29.9 Å². The van der Waals surface area contributed by atoms with E-state index in [1.54, 1.807) is 43.3 Å². The number of carbonyl (C=O) groups excluding carboxylic acids is 3. The molecule has 1 aliphatic carbocycles. The molecule has 1 saturated heterocycles. The molecule has 3 amide bonds. The van der Waals surface area contributed by atoms with E-state index in [4.69, 9.17) is 14.9 Å². The molecule has 3 N–H and O–H groups in total. The molecule has 266 valence electrons. The largest absolute Gasteiger partial charge is 0.497 e. The third kappa shape index (κ3) is 6.77. The van der Waals surface area contributed by atoms with Crippen LogP contribution < -0.4 is 15.4 Å². The van der Waals surface area contributed by atoms with Crippen LogP contribution in [0.15, 0.2) is 66.3 Å². The first-order valence-corrected chi connectivity index (χ1v) is 18.0. The molecule has 14 nitrogen and oxygen atoms in total. The van der Waals surface area contributed by atoms with Crippen molar-refractivity contribution in [2.75, 3.05) is 13.7 Å². The second-order valence-electron chi connectivity index (χ2n) is 13.4. The number of amides is 3. The normalized spacial score (nSPS) is 25.9. The number of benzene rings is 1. The maximum absolute atomic E-state index is 14.5. The Labute approximate surface area is 298 Å². The van der Waals surface area contributed by atoms with Gasteiger partial charge in [0.2, 0.25) is 11.8 Å². The molecule has 5 atom stereocenters. The molecule has 2 fully saturated rings. The second-order valence-corrected chi connectivity index (χ2v) is 14.2. The fraction of sp³-hybridized carbons (Fsp3) is 0.417. The van der Waals surface area contributed by atoms with Gasteiger partial charge in [-0.05, 0) is 62.1 Å². The number of carbonyl (C=O) groups is 4. The summed E-state index contributed by atoms with van der Waals surface area (Å²) in [5, 5.41) is 28.3. The highest BCUT2D eigenvalue weighted by Gasteiger charge is 2.61. The number of carboxylic acid groups (broad SMARTS) is 1. The van der Waals surface area contributed by atoms with Gasteiger partial charge in [0.05, 0.1) is 13.2 Å². The maximum Gasteiger partial charge on any atom is 0.330 e. The summed E-state index contributed by atoms with van der Waals surface area (Å²) < 4.78 is 7.02. The number of hydrogen-bond acceptors (Lipinski definition) is 9. The van der Waals surface area contributed by atoms with Crippen molar-refractivity contribution in [2.24, 2.45) is 13.0 Å². The highest BCUT2D eigenvalue weighted by Crippen LogP contribution is 2.46. The summed E-state index contributed by atoms with van der Waals surface area (Å²) >= 11 is 1.42. The molecule has 3 aromatic heterocycles. The first-order valence-electron chi connectivity index (χ1n) is 17.1. The molecule has 0 spiro atoms. The number of fused-ring (bicyclic) bond motifs is 2. The fourth-order valence-electron chi connectivity index (χ4n) is 7.09. The van der Waals surface area contributed by atoms with Gasteiger partial charge in [-0.2, -0.15) is 9.90 Å². The average molecular weight is 713 g/mol. The lowest BCUT2D eigenvalue weighted by molar-refractivity contribution is -0.145. The Kier molecular flexibility index (Phi) is 9.46. The predicted molar refractivity (Wildman–Crippen MR) is 188 cm³/mol. The molecular weight excluding hydrogens is 673 g/mol. The minimum Gasteiger partial charge on any atom is -0.497 e. The zero-order chi connectivity index (χ0) is 35.7. The van der Waals surface area contributed by atoms with Crippen LogP contribution in [0.5, 0.6) is 5.75 Å². The van der Waals surface area contributed by atoms with Crippen LogP contribution in [-0.2, 0) is 21.4 Å². The molecule has 5 heterocycles. The lowest BCUT2D eigenvalue weighted by Crippen LogP contribution is -2.56. The van der Waals surface area contributed by atoms with Crippen LogP contribution in [0.1, 0.15) is 61.5 Å². The number of methoxy groups -OCH3 is 1. The summed E-state index contributed by atoms with van der Waals surface area (Å²) in [4.78, 5) is 62.1. The van der Waals surface area contributed by atoms with Crippen molar-refractivity contribution in [1.29, 1.82) is 0 Å². The lowest BCUT2D eigenvalue weighted by Gasteiger charge is -2.29. The molecule has 4 aromatic rings. The first kappa shape index (κ1) is 34.2. The molecule has 1 aromatic carbocycles. The second kappa shape index (κ2) is 14.1. The molecule has 51 heavy (non-hydrogen) atoms. The van der Waals surface area contributed by atoms with Gasteiger partial charge in [-0.25, -0.2) is 9.78 Å². The lowest BCUT2D eigenvalue weighted by atomic mass is 10.0. The molecule has 15 heteroatoms. The Morgan fingerprint density at radius 3 is 2.61 bits per heavy atom. The van der Waals surface area contributed by atoms with E-state index in [1.807, 2.05) is 41.8 Å². The monoisotopic (exact) mass is 712 g/mol. The van der Waals surface area contributed by atoms with Crippen molar-refractivity contribution in [3.05, 3.63) is 72.0 Å². The molecule has 0 bridgehead atoms. The Bertz CT molecular complexity index is 1950. The Morgan fingerprint density at radius 1 is 1.10 bits per heavy atom. The van der Waals surface area contributed by atoms with E-state index < -0.39 is 47.4 Å².